The van der Waals surface area contributed by atoms with Crippen molar-refractivity contribution in [2.75, 3.05) is 19.6 Å². The second kappa shape index (κ2) is 10.3. The first-order valence-corrected chi connectivity index (χ1v) is 11.9. The molecule has 0 atom stereocenters. The molecule has 1 aliphatic heterocycles. The summed E-state index contributed by atoms with van der Waals surface area (Å²) < 4.78 is 11.3. The first kappa shape index (κ1) is 22.4. The number of nitrogens with one attached hydrogen (secondary N) is 1. The van der Waals surface area contributed by atoms with Gasteiger partial charge >= 0.3 is 0 Å². The fourth-order valence-corrected chi connectivity index (χ4v) is 4.38. The van der Waals surface area contributed by atoms with Crippen LogP contribution in [0, 0.1) is 5.92 Å². The maximum atomic E-state index is 12.6. The van der Waals surface area contributed by atoms with Crippen molar-refractivity contribution in [3.05, 3.63) is 89.3 Å². The van der Waals surface area contributed by atoms with E-state index in [-0.39, 0.29) is 5.91 Å². The third kappa shape index (κ3) is 5.41. The van der Waals surface area contributed by atoms with E-state index in [4.69, 9.17) is 20.5 Å². The van der Waals surface area contributed by atoms with Crippen molar-refractivity contribution in [1.82, 2.24) is 15.4 Å². The molecule has 174 valence electrons. The number of hydrogen-bond donors (Lipinski definition) is 1. The lowest BCUT2D eigenvalue weighted by atomic mass is 9.96. The number of furan rings is 1. The Kier molecular flexibility index (Phi) is 6.79. The van der Waals surface area contributed by atoms with Crippen molar-refractivity contribution in [2.45, 2.75) is 19.4 Å². The number of nitrogens with zero attached hydrogens (tertiary/aromatic N) is 2. The first-order valence-electron chi connectivity index (χ1n) is 11.5. The predicted octanol–water partition coefficient (Wildman–Crippen LogP) is 5.90. The van der Waals surface area contributed by atoms with Crippen LogP contribution < -0.4 is 5.32 Å². The summed E-state index contributed by atoms with van der Waals surface area (Å²) in [6.07, 6.45) is 2.04. The lowest BCUT2D eigenvalue weighted by molar-refractivity contribution is 0.0907. The van der Waals surface area contributed by atoms with Gasteiger partial charge in [0.05, 0.1) is 6.54 Å². The molecular weight excluding hydrogens is 450 g/mol. The predicted molar refractivity (Wildman–Crippen MR) is 131 cm³/mol. The molecule has 5 rings (SSSR count). The molecule has 0 bridgehead atoms. The van der Waals surface area contributed by atoms with Crippen LogP contribution in [0.1, 0.15) is 29.2 Å². The average molecular weight is 476 g/mol. The summed E-state index contributed by atoms with van der Waals surface area (Å²) in [5, 5.41) is 7.90. The highest BCUT2D eigenvalue weighted by atomic mass is 35.5. The molecule has 0 saturated carbocycles. The van der Waals surface area contributed by atoms with Gasteiger partial charge < -0.3 is 14.3 Å². The van der Waals surface area contributed by atoms with Crippen LogP contribution in [0.4, 0.5) is 0 Å². The van der Waals surface area contributed by atoms with Gasteiger partial charge in [-0.3, -0.25) is 9.69 Å². The third-order valence-electron chi connectivity index (χ3n) is 6.22. The summed E-state index contributed by atoms with van der Waals surface area (Å²) in [6, 6.07) is 22.9. The van der Waals surface area contributed by atoms with Crippen LogP contribution in [0.5, 0.6) is 0 Å². The lowest BCUT2D eigenvalue weighted by Gasteiger charge is -2.31. The number of rotatable bonds is 7. The molecule has 4 aromatic rings. The van der Waals surface area contributed by atoms with Crippen LogP contribution in [0.25, 0.3) is 22.6 Å². The van der Waals surface area contributed by atoms with Crippen molar-refractivity contribution < 1.29 is 13.7 Å². The number of hydrogen-bond acceptors (Lipinski definition) is 5. The van der Waals surface area contributed by atoms with Crippen molar-refractivity contribution in [3.8, 4) is 22.6 Å². The Morgan fingerprint density at radius 3 is 2.53 bits per heavy atom. The lowest BCUT2D eigenvalue weighted by Crippen LogP contribution is -2.38. The first-order chi connectivity index (χ1) is 16.6. The second-order valence-electron chi connectivity index (χ2n) is 8.64. The normalized spacial score (nSPS) is 14.9. The van der Waals surface area contributed by atoms with Gasteiger partial charge in [-0.05, 0) is 68.2 Å². The van der Waals surface area contributed by atoms with E-state index in [1.807, 2.05) is 54.6 Å². The van der Waals surface area contributed by atoms with Gasteiger partial charge in [0.2, 0.25) is 0 Å². The smallest absolute Gasteiger partial charge is 0.287 e. The maximum Gasteiger partial charge on any atom is 0.287 e. The highest BCUT2D eigenvalue weighted by Gasteiger charge is 2.22. The number of aromatic nitrogens is 1. The van der Waals surface area contributed by atoms with Gasteiger partial charge in [-0.25, -0.2) is 0 Å². The van der Waals surface area contributed by atoms with Gasteiger partial charge in [-0.2, -0.15) is 0 Å². The quantitative estimate of drug-likeness (QED) is 0.360. The van der Waals surface area contributed by atoms with Gasteiger partial charge in [-0.1, -0.05) is 47.1 Å². The van der Waals surface area contributed by atoms with Crippen LogP contribution in [0.2, 0.25) is 5.02 Å². The summed E-state index contributed by atoms with van der Waals surface area (Å²) in [5.41, 5.74) is 2.81. The molecule has 1 fully saturated rings. The molecule has 0 spiro atoms. The van der Waals surface area contributed by atoms with Crippen LogP contribution in [0.15, 0.2) is 81.7 Å². The van der Waals surface area contributed by atoms with E-state index in [1.165, 1.54) is 0 Å². The average Bonchev–Trinajstić information content (AvgIpc) is 3.55. The van der Waals surface area contributed by atoms with E-state index in [9.17, 15) is 4.79 Å². The monoisotopic (exact) mass is 475 g/mol. The Balaban J connectivity index is 1.07. The van der Waals surface area contributed by atoms with E-state index in [2.05, 4.69) is 15.4 Å². The molecule has 1 N–H and O–H groups in total. The summed E-state index contributed by atoms with van der Waals surface area (Å²) in [5.74, 6) is 2.11. The molecule has 1 saturated heterocycles. The number of halogens is 1. The SMILES string of the molecule is O=C(NCC1CCN(Cc2cc(-c3ccccc3)no2)CC1)c1ccc(-c2ccc(Cl)cc2)o1. The summed E-state index contributed by atoms with van der Waals surface area (Å²) in [7, 11) is 0. The second-order valence-corrected chi connectivity index (χ2v) is 9.08. The van der Waals surface area contributed by atoms with E-state index in [0.29, 0.717) is 29.0 Å². The van der Waals surface area contributed by atoms with Gasteiger partial charge in [0, 0.05) is 28.8 Å². The molecule has 34 heavy (non-hydrogen) atoms. The highest BCUT2D eigenvalue weighted by Crippen LogP contribution is 2.25. The van der Waals surface area contributed by atoms with E-state index < -0.39 is 0 Å². The van der Waals surface area contributed by atoms with E-state index >= 15 is 0 Å². The van der Waals surface area contributed by atoms with Gasteiger partial charge in [0.25, 0.3) is 5.91 Å². The third-order valence-corrected chi connectivity index (χ3v) is 6.48. The molecule has 0 radical (unpaired) electrons. The number of carbonyl (C=O) groups excluding carboxylic acids is 1. The summed E-state index contributed by atoms with van der Waals surface area (Å²) in [4.78, 5) is 14.9. The molecule has 1 aliphatic rings. The Morgan fingerprint density at radius 2 is 1.76 bits per heavy atom. The van der Waals surface area contributed by atoms with E-state index in [0.717, 1.165) is 55.1 Å². The van der Waals surface area contributed by atoms with Gasteiger partial charge in [-0.15, -0.1) is 0 Å². The van der Waals surface area contributed by atoms with Crippen LogP contribution in [-0.4, -0.2) is 35.6 Å². The minimum atomic E-state index is -0.183. The molecule has 6 nitrogen and oxygen atoms in total. The Morgan fingerprint density at radius 1 is 1.00 bits per heavy atom. The standard InChI is InChI=1S/C27H26ClN3O3/c28-22-8-6-21(7-9-22)25-10-11-26(33-25)27(32)29-17-19-12-14-31(15-13-19)18-23-16-24(30-34-23)20-4-2-1-3-5-20/h1-11,16,19H,12-15,17-18H2,(H,29,32). The van der Waals surface area contributed by atoms with Crippen molar-refractivity contribution in [1.29, 1.82) is 0 Å². The minimum Gasteiger partial charge on any atom is -0.451 e. The van der Waals surface area contributed by atoms with E-state index in [1.54, 1.807) is 18.2 Å². The minimum absolute atomic E-state index is 0.183. The molecule has 0 unspecified atom stereocenters. The number of amides is 1. The van der Waals surface area contributed by atoms with Crippen molar-refractivity contribution >= 4 is 17.5 Å². The molecular formula is C27H26ClN3O3. The van der Waals surface area contributed by atoms with Crippen LogP contribution in [-0.2, 0) is 6.54 Å². The summed E-state index contributed by atoms with van der Waals surface area (Å²) in [6.45, 7) is 3.32. The molecule has 3 heterocycles. The molecule has 1 amide bonds. The molecule has 7 heteroatoms. The Bertz CT molecular complexity index is 1230. The van der Waals surface area contributed by atoms with Gasteiger partial charge in [0.1, 0.15) is 11.5 Å². The zero-order chi connectivity index (χ0) is 23.3. The number of piperidine rings is 1. The summed E-state index contributed by atoms with van der Waals surface area (Å²) >= 11 is 5.94. The fourth-order valence-electron chi connectivity index (χ4n) is 4.25. The van der Waals surface area contributed by atoms with Crippen LogP contribution in [0.3, 0.4) is 0 Å². The largest absolute Gasteiger partial charge is 0.451 e. The number of likely N-dealkylation sites (tertiary alicyclic amines) is 1. The zero-order valence-electron chi connectivity index (χ0n) is 18.7. The number of benzene rings is 2. The zero-order valence-corrected chi connectivity index (χ0v) is 19.5. The highest BCUT2D eigenvalue weighted by molar-refractivity contribution is 6.30. The maximum absolute atomic E-state index is 12.6. The Hall–Kier alpha value is -3.35. The topological polar surface area (TPSA) is 71.5 Å². The Labute approximate surface area is 203 Å². The number of carbonyl (C=O) groups is 1. The molecule has 0 aliphatic carbocycles. The fraction of sp³-hybridized carbons (Fsp3) is 0.259. The molecule has 2 aromatic heterocycles. The van der Waals surface area contributed by atoms with Crippen molar-refractivity contribution in [3.63, 3.8) is 0 Å². The van der Waals surface area contributed by atoms with Gasteiger partial charge in [0.15, 0.2) is 11.5 Å². The van der Waals surface area contributed by atoms with Crippen LogP contribution >= 0.6 is 11.6 Å². The van der Waals surface area contributed by atoms with Crippen molar-refractivity contribution in [2.24, 2.45) is 5.92 Å². The molecule has 2 aromatic carbocycles.